The lowest BCUT2D eigenvalue weighted by molar-refractivity contribution is 0.758. The number of rotatable bonds is 4. The molecule has 0 radical (unpaired) electrons. The van der Waals surface area contributed by atoms with Gasteiger partial charge in [-0.2, -0.15) is 0 Å². The first kappa shape index (κ1) is 13.9. The zero-order chi connectivity index (χ0) is 14.1. The van der Waals surface area contributed by atoms with E-state index in [1.165, 1.54) is 4.88 Å². The Morgan fingerprint density at radius 1 is 1.35 bits per heavy atom. The summed E-state index contributed by atoms with van der Waals surface area (Å²) < 4.78 is 2.20. The fraction of sp³-hybridized carbons (Fsp3) is 0.286. The summed E-state index contributed by atoms with van der Waals surface area (Å²) in [6.45, 7) is 2.81. The molecule has 2 aromatic heterocycles. The zero-order valence-corrected chi connectivity index (χ0v) is 13.3. The lowest BCUT2D eigenvalue weighted by Crippen LogP contribution is -2.05. The highest BCUT2D eigenvalue weighted by Crippen LogP contribution is 2.24. The van der Waals surface area contributed by atoms with Crippen molar-refractivity contribution in [1.29, 1.82) is 0 Å². The number of thiazole rings is 1. The van der Waals surface area contributed by atoms with Gasteiger partial charge in [0.05, 0.1) is 28.8 Å². The maximum atomic E-state index is 6.04. The summed E-state index contributed by atoms with van der Waals surface area (Å²) in [7, 11) is 0. The summed E-state index contributed by atoms with van der Waals surface area (Å²) in [6.07, 6.45) is 0.742. The molecule has 3 rings (SSSR count). The Labute approximate surface area is 131 Å². The molecule has 6 heteroatoms. The van der Waals surface area contributed by atoms with E-state index in [2.05, 4.69) is 14.5 Å². The van der Waals surface area contributed by atoms with Crippen molar-refractivity contribution in [3.63, 3.8) is 0 Å². The summed E-state index contributed by atoms with van der Waals surface area (Å²) in [6, 6.07) is 5.80. The Hall–Kier alpha value is -1.10. The quantitative estimate of drug-likeness (QED) is 0.670. The summed E-state index contributed by atoms with van der Waals surface area (Å²) in [5.41, 5.74) is 4.95. The van der Waals surface area contributed by atoms with E-state index in [9.17, 15) is 0 Å². The van der Waals surface area contributed by atoms with Gasteiger partial charge in [-0.15, -0.1) is 22.9 Å². The number of imidazole rings is 1. The molecule has 3 nitrogen and oxygen atoms in total. The molecule has 20 heavy (non-hydrogen) atoms. The molecule has 0 N–H and O–H groups in total. The average molecular weight is 326 g/mol. The van der Waals surface area contributed by atoms with Gasteiger partial charge in [-0.25, -0.2) is 9.97 Å². The van der Waals surface area contributed by atoms with Gasteiger partial charge in [0.1, 0.15) is 5.82 Å². The number of halogens is 2. The molecule has 0 saturated heterocycles. The Balaban J connectivity index is 2.11. The lowest BCUT2D eigenvalue weighted by atomic mass is 10.3. The summed E-state index contributed by atoms with van der Waals surface area (Å²) in [5, 5.41) is 0.702. The zero-order valence-electron chi connectivity index (χ0n) is 10.9. The van der Waals surface area contributed by atoms with Crippen molar-refractivity contribution in [2.75, 3.05) is 5.88 Å². The van der Waals surface area contributed by atoms with Gasteiger partial charge in [0.25, 0.3) is 0 Å². The van der Waals surface area contributed by atoms with E-state index in [0.717, 1.165) is 35.5 Å². The van der Waals surface area contributed by atoms with Gasteiger partial charge in [0.2, 0.25) is 0 Å². The Morgan fingerprint density at radius 3 is 2.90 bits per heavy atom. The number of hydrogen-bond acceptors (Lipinski definition) is 3. The maximum Gasteiger partial charge on any atom is 0.111 e. The number of alkyl halides is 1. The predicted octanol–water partition coefficient (Wildman–Crippen LogP) is 4.28. The third-order valence-corrected chi connectivity index (χ3v) is 4.60. The van der Waals surface area contributed by atoms with Crippen LogP contribution in [-0.2, 0) is 13.0 Å². The highest BCUT2D eigenvalue weighted by Gasteiger charge is 2.13. The first-order chi connectivity index (χ1) is 9.69. The van der Waals surface area contributed by atoms with E-state index in [-0.39, 0.29) is 0 Å². The number of nitrogens with zero attached hydrogens (tertiary/aromatic N) is 3. The van der Waals surface area contributed by atoms with Gasteiger partial charge in [-0.1, -0.05) is 11.6 Å². The third kappa shape index (κ3) is 2.55. The highest BCUT2D eigenvalue weighted by molar-refractivity contribution is 7.09. The molecule has 2 heterocycles. The Morgan fingerprint density at radius 2 is 2.20 bits per heavy atom. The summed E-state index contributed by atoms with van der Waals surface area (Å²) in [4.78, 5) is 10.2. The van der Waals surface area contributed by atoms with Crippen LogP contribution in [0.4, 0.5) is 0 Å². The first-order valence-corrected chi connectivity index (χ1v) is 8.08. The van der Waals surface area contributed by atoms with Crippen molar-refractivity contribution < 1.29 is 0 Å². The Bertz CT molecular complexity index is 748. The predicted molar refractivity (Wildman–Crippen MR) is 85.1 cm³/mol. The van der Waals surface area contributed by atoms with Crippen LogP contribution in [0.2, 0.25) is 5.02 Å². The monoisotopic (exact) mass is 325 g/mol. The molecule has 0 saturated carbocycles. The minimum Gasteiger partial charge on any atom is -0.323 e. The van der Waals surface area contributed by atoms with Crippen LogP contribution < -0.4 is 0 Å². The van der Waals surface area contributed by atoms with Crippen molar-refractivity contribution in [2.24, 2.45) is 0 Å². The van der Waals surface area contributed by atoms with Crippen LogP contribution in [0.15, 0.2) is 23.7 Å². The molecule has 0 aliphatic rings. The van der Waals surface area contributed by atoms with Crippen molar-refractivity contribution in [3.8, 4) is 0 Å². The van der Waals surface area contributed by atoms with Gasteiger partial charge < -0.3 is 4.57 Å². The minimum absolute atomic E-state index is 0.554. The molecule has 1 aromatic carbocycles. The van der Waals surface area contributed by atoms with E-state index in [4.69, 9.17) is 23.2 Å². The first-order valence-electron chi connectivity index (χ1n) is 6.28. The Kier molecular flexibility index (Phi) is 3.96. The second-order valence-corrected chi connectivity index (χ2v) is 6.30. The van der Waals surface area contributed by atoms with E-state index >= 15 is 0 Å². The SMILES string of the molecule is Cc1ncsc1Cn1c(CCCl)nc2cc(Cl)ccc21. The number of hydrogen-bond donors (Lipinski definition) is 0. The molecule has 0 bridgehead atoms. The van der Waals surface area contributed by atoms with Crippen LogP contribution in [0.25, 0.3) is 11.0 Å². The van der Waals surface area contributed by atoms with Crippen molar-refractivity contribution in [2.45, 2.75) is 19.9 Å². The van der Waals surface area contributed by atoms with Crippen LogP contribution in [-0.4, -0.2) is 20.4 Å². The number of fused-ring (bicyclic) bond motifs is 1. The van der Waals surface area contributed by atoms with E-state index in [0.29, 0.717) is 10.9 Å². The second-order valence-electron chi connectivity index (χ2n) is 4.55. The molecule has 104 valence electrons. The van der Waals surface area contributed by atoms with Crippen LogP contribution in [0, 0.1) is 6.92 Å². The van der Waals surface area contributed by atoms with Crippen LogP contribution >= 0.6 is 34.5 Å². The largest absolute Gasteiger partial charge is 0.323 e. The fourth-order valence-electron chi connectivity index (χ4n) is 2.23. The highest BCUT2D eigenvalue weighted by atomic mass is 35.5. The number of aryl methyl sites for hydroxylation is 2. The fourth-order valence-corrected chi connectivity index (χ4v) is 3.33. The molecule has 0 spiro atoms. The molecule has 0 aliphatic heterocycles. The number of aromatic nitrogens is 3. The maximum absolute atomic E-state index is 6.04. The lowest BCUT2D eigenvalue weighted by Gasteiger charge is -2.07. The smallest absolute Gasteiger partial charge is 0.111 e. The summed E-state index contributed by atoms with van der Waals surface area (Å²) >= 11 is 13.6. The van der Waals surface area contributed by atoms with Gasteiger partial charge >= 0.3 is 0 Å². The third-order valence-electron chi connectivity index (χ3n) is 3.25. The molecule has 0 fully saturated rings. The average Bonchev–Trinajstić information content (AvgIpc) is 2.96. The van der Waals surface area contributed by atoms with E-state index in [1.54, 1.807) is 11.3 Å². The van der Waals surface area contributed by atoms with Crippen molar-refractivity contribution >= 4 is 45.6 Å². The van der Waals surface area contributed by atoms with Crippen molar-refractivity contribution in [1.82, 2.24) is 14.5 Å². The molecule has 0 aliphatic carbocycles. The summed E-state index contributed by atoms with van der Waals surface area (Å²) in [5.74, 6) is 1.55. The molecule has 0 atom stereocenters. The van der Waals surface area contributed by atoms with Gasteiger partial charge in [0.15, 0.2) is 0 Å². The van der Waals surface area contributed by atoms with E-state index in [1.807, 2.05) is 30.6 Å². The van der Waals surface area contributed by atoms with E-state index < -0.39 is 0 Å². The molecular formula is C14H13Cl2N3S. The van der Waals surface area contributed by atoms with Crippen LogP contribution in [0.1, 0.15) is 16.4 Å². The topological polar surface area (TPSA) is 30.7 Å². The molecule has 0 amide bonds. The molecule has 0 unspecified atom stereocenters. The molecular weight excluding hydrogens is 313 g/mol. The second kappa shape index (κ2) is 5.72. The number of benzene rings is 1. The minimum atomic E-state index is 0.554. The normalized spacial score (nSPS) is 11.3. The van der Waals surface area contributed by atoms with Gasteiger partial charge in [0, 0.05) is 22.2 Å². The van der Waals surface area contributed by atoms with Gasteiger partial charge in [-0.3, -0.25) is 0 Å². The van der Waals surface area contributed by atoms with Crippen LogP contribution in [0.5, 0.6) is 0 Å². The van der Waals surface area contributed by atoms with Gasteiger partial charge in [-0.05, 0) is 25.1 Å². The molecule has 3 aromatic rings. The van der Waals surface area contributed by atoms with Crippen molar-refractivity contribution in [3.05, 3.63) is 45.1 Å². The van der Waals surface area contributed by atoms with Crippen LogP contribution in [0.3, 0.4) is 0 Å². The standard InChI is InChI=1S/C14H13Cl2N3S/c1-9-13(20-8-17-9)7-19-12-3-2-10(16)6-11(12)18-14(19)4-5-15/h2-3,6,8H,4-5,7H2,1H3.